The van der Waals surface area contributed by atoms with Crippen molar-refractivity contribution in [1.82, 2.24) is 15.0 Å². The average molecular weight is 172 g/mol. The fourth-order valence-electron chi connectivity index (χ4n) is 0.519. The highest BCUT2D eigenvalue weighted by atomic mass is 19.1. The Morgan fingerprint density at radius 3 is 2.92 bits per heavy atom. The van der Waals surface area contributed by atoms with Crippen LogP contribution in [0.3, 0.4) is 0 Å². The molecule has 0 amide bonds. The van der Waals surface area contributed by atoms with Crippen LogP contribution in [0.25, 0.3) is 0 Å². The molecule has 0 saturated heterocycles. The van der Waals surface area contributed by atoms with Crippen molar-refractivity contribution in [3.8, 4) is 6.01 Å². The fourth-order valence-corrected chi connectivity index (χ4v) is 0.519. The van der Waals surface area contributed by atoms with E-state index in [2.05, 4.69) is 21.3 Å². The zero-order valence-electron chi connectivity index (χ0n) is 6.45. The van der Waals surface area contributed by atoms with Gasteiger partial charge in [-0.05, 0) is 0 Å². The monoisotopic (exact) mass is 172 g/mol. The predicted molar refractivity (Wildman–Crippen MR) is 36.0 cm³/mol. The number of ether oxygens (including phenoxy) is 2. The van der Waals surface area contributed by atoms with Crippen LogP contribution in [0.5, 0.6) is 6.01 Å². The van der Waals surface area contributed by atoms with Crippen molar-refractivity contribution in [2.24, 2.45) is 0 Å². The van der Waals surface area contributed by atoms with Gasteiger partial charge in [-0.25, -0.2) is 0 Å². The Morgan fingerprint density at radius 1 is 1.42 bits per heavy atom. The summed E-state index contributed by atoms with van der Waals surface area (Å²) in [6, 6.07) is -0.0837. The molecule has 1 rings (SSSR count). The van der Waals surface area contributed by atoms with Crippen LogP contribution in [0, 0.1) is 12.4 Å². The van der Waals surface area contributed by atoms with E-state index >= 15 is 0 Å². The van der Waals surface area contributed by atoms with Crippen LogP contribution >= 0.6 is 0 Å². The molecular weight excluding hydrogens is 165 g/mol. The second-order valence-corrected chi connectivity index (χ2v) is 1.83. The van der Waals surface area contributed by atoms with Crippen LogP contribution in [0.4, 0.5) is 4.39 Å². The van der Waals surface area contributed by atoms with Gasteiger partial charge in [-0.1, -0.05) is 0 Å². The van der Waals surface area contributed by atoms with Crippen molar-refractivity contribution in [3.05, 3.63) is 12.4 Å². The summed E-state index contributed by atoms with van der Waals surface area (Å²) in [7, 11) is 1.53. The molecule has 0 unspecified atom stereocenters. The van der Waals surface area contributed by atoms with Crippen LogP contribution in [-0.2, 0) is 4.74 Å². The summed E-state index contributed by atoms with van der Waals surface area (Å²) in [5.41, 5.74) is 0. The number of hydrogen-bond donors (Lipinski definition) is 0. The summed E-state index contributed by atoms with van der Waals surface area (Å²) < 4.78 is 21.8. The molecular formula is C6H7FN3O2. The molecule has 6 heteroatoms. The number of rotatable bonds is 4. The molecule has 5 nitrogen and oxygen atoms in total. The maximum Gasteiger partial charge on any atom is 0.322 e. The van der Waals surface area contributed by atoms with E-state index in [0.717, 1.165) is 0 Å². The van der Waals surface area contributed by atoms with Crippen molar-refractivity contribution >= 4 is 0 Å². The van der Waals surface area contributed by atoms with E-state index in [-0.39, 0.29) is 12.6 Å². The fraction of sp³-hybridized carbons (Fsp3) is 0.500. The maximum absolute atomic E-state index is 12.3. The van der Waals surface area contributed by atoms with E-state index in [9.17, 15) is 4.39 Å². The minimum atomic E-state index is -0.905. The van der Waals surface area contributed by atoms with Gasteiger partial charge in [-0.3, -0.25) is 0 Å². The van der Waals surface area contributed by atoms with E-state index in [1.54, 1.807) is 0 Å². The number of halogens is 1. The molecule has 0 aliphatic rings. The molecule has 1 aromatic heterocycles. The summed E-state index contributed by atoms with van der Waals surface area (Å²) in [6.45, 7) is 0.668. The van der Waals surface area contributed by atoms with Crippen molar-refractivity contribution in [1.29, 1.82) is 0 Å². The van der Waals surface area contributed by atoms with Gasteiger partial charge in [0.1, 0.15) is 6.61 Å². The second-order valence-electron chi connectivity index (χ2n) is 1.83. The van der Waals surface area contributed by atoms with Gasteiger partial charge in [-0.15, -0.1) is 4.98 Å². The van der Waals surface area contributed by atoms with Crippen molar-refractivity contribution < 1.29 is 13.9 Å². The summed E-state index contributed by atoms with van der Waals surface area (Å²) in [6.07, 6.45) is 1.15. The first-order valence-electron chi connectivity index (χ1n) is 3.22. The van der Waals surface area contributed by atoms with Gasteiger partial charge in [0.2, 0.25) is 6.33 Å². The number of nitrogens with zero attached hydrogens (tertiary/aromatic N) is 3. The van der Waals surface area contributed by atoms with Crippen molar-refractivity contribution in [2.75, 3.05) is 20.3 Å². The lowest BCUT2D eigenvalue weighted by atomic mass is 10.8. The molecule has 0 aliphatic carbocycles. The van der Waals surface area contributed by atoms with Gasteiger partial charge in [-0.2, -0.15) is 14.4 Å². The highest BCUT2D eigenvalue weighted by molar-refractivity contribution is 4.87. The highest BCUT2D eigenvalue weighted by Crippen LogP contribution is 1.97. The summed E-state index contributed by atoms with van der Waals surface area (Å²) in [5.74, 6) is 0. The van der Waals surface area contributed by atoms with Crippen molar-refractivity contribution in [2.45, 2.75) is 0 Å². The summed E-state index contributed by atoms with van der Waals surface area (Å²) in [5, 5.41) is 0. The molecule has 0 bridgehead atoms. The average Bonchev–Trinajstić information content (AvgIpc) is 2.05. The Morgan fingerprint density at radius 2 is 2.25 bits per heavy atom. The van der Waals surface area contributed by atoms with E-state index in [1.807, 2.05) is 0 Å². The van der Waals surface area contributed by atoms with E-state index in [0.29, 0.717) is 6.61 Å². The van der Waals surface area contributed by atoms with Crippen LogP contribution in [-0.4, -0.2) is 35.3 Å². The van der Waals surface area contributed by atoms with Crippen LogP contribution in [0.15, 0.2) is 0 Å². The number of methoxy groups -OCH3 is 1. The molecule has 0 N–H and O–H groups in total. The molecule has 0 saturated carbocycles. The Labute approximate surface area is 68.6 Å². The zero-order chi connectivity index (χ0) is 8.81. The molecule has 0 aromatic carbocycles. The maximum atomic E-state index is 12.3. The third-order valence-corrected chi connectivity index (χ3v) is 0.994. The quantitative estimate of drug-likeness (QED) is 0.590. The predicted octanol–water partition coefficient (Wildman–Crippen LogP) is -0.164. The third kappa shape index (κ3) is 2.75. The molecule has 0 fully saturated rings. The lowest BCUT2D eigenvalue weighted by Crippen LogP contribution is -2.07. The largest absolute Gasteiger partial charge is 0.461 e. The Bertz CT molecular complexity index is 246. The highest BCUT2D eigenvalue weighted by Gasteiger charge is 1.99. The molecule has 1 radical (unpaired) electrons. The molecule has 65 valence electrons. The van der Waals surface area contributed by atoms with Gasteiger partial charge < -0.3 is 9.47 Å². The van der Waals surface area contributed by atoms with Crippen molar-refractivity contribution in [3.63, 3.8) is 0 Å². The standard InChI is InChI=1S/C6H7FN3O2/c1-11-2-3-12-6-9-4-8-5(7)10-6/h2-3H2,1H3. The Hall–Kier alpha value is -1.30. The summed E-state index contributed by atoms with van der Waals surface area (Å²) in [4.78, 5) is 9.74. The normalized spacial score (nSPS) is 9.83. The molecule has 0 atom stereocenters. The third-order valence-electron chi connectivity index (χ3n) is 0.994. The van der Waals surface area contributed by atoms with Gasteiger partial charge in [0.15, 0.2) is 0 Å². The number of aromatic nitrogens is 3. The minimum Gasteiger partial charge on any atom is -0.461 e. The lowest BCUT2D eigenvalue weighted by Gasteiger charge is -2.00. The minimum absolute atomic E-state index is 0.0837. The van der Waals surface area contributed by atoms with Crippen LogP contribution in [0.2, 0.25) is 0 Å². The number of hydrogen-bond acceptors (Lipinski definition) is 5. The van der Waals surface area contributed by atoms with Gasteiger partial charge >= 0.3 is 12.1 Å². The first-order valence-corrected chi connectivity index (χ1v) is 3.22. The van der Waals surface area contributed by atoms with Crippen LogP contribution in [0.1, 0.15) is 0 Å². The van der Waals surface area contributed by atoms with Gasteiger partial charge in [0.25, 0.3) is 0 Å². The topological polar surface area (TPSA) is 57.1 Å². The lowest BCUT2D eigenvalue weighted by molar-refractivity contribution is 0.139. The van der Waals surface area contributed by atoms with Crippen LogP contribution < -0.4 is 4.74 Å². The molecule has 0 aliphatic heterocycles. The molecule has 0 spiro atoms. The van der Waals surface area contributed by atoms with E-state index in [1.165, 1.54) is 7.11 Å². The summed E-state index contributed by atoms with van der Waals surface area (Å²) >= 11 is 0. The molecule has 1 heterocycles. The Kier molecular flexibility index (Phi) is 3.34. The second kappa shape index (κ2) is 4.55. The van der Waals surface area contributed by atoms with E-state index in [4.69, 9.17) is 9.47 Å². The first kappa shape index (κ1) is 8.79. The van der Waals surface area contributed by atoms with E-state index < -0.39 is 6.08 Å². The SMILES string of the molecule is COCCOc1n[c]nc(F)n1. The first-order chi connectivity index (χ1) is 5.83. The molecule has 12 heavy (non-hydrogen) atoms. The van der Waals surface area contributed by atoms with Gasteiger partial charge in [0.05, 0.1) is 6.61 Å². The molecule has 1 aromatic rings. The Balaban J connectivity index is 2.41. The zero-order valence-corrected chi connectivity index (χ0v) is 6.45. The van der Waals surface area contributed by atoms with Gasteiger partial charge in [0, 0.05) is 7.11 Å². The smallest absolute Gasteiger partial charge is 0.322 e.